The molecular formula is C26H20N4O5. The zero-order valence-electron chi connectivity index (χ0n) is 18.4. The molecule has 0 saturated carbocycles. The number of para-hydroxylation sites is 2. The lowest BCUT2D eigenvalue weighted by molar-refractivity contribution is -0.130. The number of fused-ring (bicyclic) bond motifs is 1. The molecule has 1 aliphatic rings. The fraction of sp³-hybridized carbons (Fsp3) is 0.0769. The van der Waals surface area contributed by atoms with Gasteiger partial charge in [0.1, 0.15) is 17.9 Å². The maximum Gasteiger partial charge on any atom is 0.331 e. The van der Waals surface area contributed by atoms with Crippen molar-refractivity contribution in [3.8, 4) is 0 Å². The van der Waals surface area contributed by atoms with Crippen molar-refractivity contribution in [2.75, 3.05) is 5.32 Å². The number of benzene rings is 2. The van der Waals surface area contributed by atoms with Gasteiger partial charge in [-0.1, -0.05) is 36.4 Å². The van der Waals surface area contributed by atoms with Gasteiger partial charge >= 0.3 is 6.03 Å². The SMILES string of the molecule is O=C(Cn1cc(/C=C2\C(=O)NC(=O)N(Cc3ccco3)C2=O)c2ccccc21)Nc1ccccc1. The van der Waals surface area contributed by atoms with Crippen LogP contribution in [0.25, 0.3) is 17.0 Å². The quantitative estimate of drug-likeness (QED) is 0.332. The minimum atomic E-state index is -0.812. The monoisotopic (exact) mass is 468 g/mol. The first-order valence-electron chi connectivity index (χ1n) is 10.8. The molecule has 0 radical (unpaired) electrons. The number of nitrogens with one attached hydrogen (secondary N) is 2. The number of aromatic nitrogens is 1. The number of furan rings is 1. The summed E-state index contributed by atoms with van der Waals surface area (Å²) in [7, 11) is 0. The molecule has 0 spiro atoms. The summed E-state index contributed by atoms with van der Waals surface area (Å²) in [5, 5.41) is 5.80. The van der Waals surface area contributed by atoms with Gasteiger partial charge in [-0.05, 0) is 36.4 Å². The number of amides is 5. The van der Waals surface area contributed by atoms with Crippen molar-refractivity contribution < 1.29 is 23.6 Å². The van der Waals surface area contributed by atoms with Crippen molar-refractivity contribution in [3.63, 3.8) is 0 Å². The Bertz CT molecular complexity index is 1470. The Morgan fingerprint density at radius 1 is 0.971 bits per heavy atom. The third kappa shape index (κ3) is 4.47. The van der Waals surface area contributed by atoms with Crippen LogP contribution in [0.15, 0.2) is 89.2 Å². The predicted octanol–water partition coefficient (Wildman–Crippen LogP) is 3.54. The lowest BCUT2D eigenvalue weighted by Crippen LogP contribution is -2.53. The number of nitrogens with zero attached hydrogens (tertiary/aromatic N) is 2. The van der Waals surface area contributed by atoms with Gasteiger partial charge in [0, 0.05) is 28.4 Å². The fourth-order valence-electron chi connectivity index (χ4n) is 3.95. The Morgan fingerprint density at radius 3 is 2.51 bits per heavy atom. The van der Waals surface area contributed by atoms with Crippen LogP contribution in [-0.4, -0.2) is 33.2 Å². The molecule has 4 aromatic rings. The summed E-state index contributed by atoms with van der Waals surface area (Å²) in [4.78, 5) is 51.5. The molecule has 1 fully saturated rings. The normalized spacial score (nSPS) is 15.0. The van der Waals surface area contributed by atoms with Gasteiger partial charge in [0.2, 0.25) is 5.91 Å². The van der Waals surface area contributed by atoms with Gasteiger partial charge in [-0.2, -0.15) is 0 Å². The van der Waals surface area contributed by atoms with Gasteiger partial charge < -0.3 is 14.3 Å². The molecule has 35 heavy (non-hydrogen) atoms. The number of rotatable bonds is 6. The number of hydrogen-bond acceptors (Lipinski definition) is 5. The van der Waals surface area contributed by atoms with E-state index in [1.165, 1.54) is 12.3 Å². The van der Waals surface area contributed by atoms with Crippen LogP contribution < -0.4 is 10.6 Å². The number of carbonyl (C=O) groups excluding carboxylic acids is 4. The van der Waals surface area contributed by atoms with E-state index >= 15 is 0 Å². The number of hydrogen-bond donors (Lipinski definition) is 2. The van der Waals surface area contributed by atoms with Crippen LogP contribution in [0.5, 0.6) is 0 Å². The molecule has 2 aromatic heterocycles. The van der Waals surface area contributed by atoms with Crippen molar-refractivity contribution in [2.24, 2.45) is 0 Å². The molecule has 0 unspecified atom stereocenters. The molecule has 0 bridgehead atoms. The predicted molar refractivity (Wildman–Crippen MR) is 128 cm³/mol. The second kappa shape index (κ2) is 9.14. The van der Waals surface area contributed by atoms with Crippen LogP contribution >= 0.6 is 0 Å². The van der Waals surface area contributed by atoms with Crippen LogP contribution in [0.4, 0.5) is 10.5 Å². The summed E-state index contributed by atoms with van der Waals surface area (Å²) >= 11 is 0. The van der Waals surface area contributed by atoms with Gasteiger partial charge in [-0.15, -0.1) is 0 Å². The largest absolute Gasteiger partial charge is 0.467 e. The summed E-state index contributed by atoms with van der Waals surface area (Å²) in [6, 6.07) is 18.9. The Hall–Kier alpha value is -4.92. The zero-order chi connectivity index (χ0) is 24.4. The van der Waals surface area contributed by atoms with Crippen molar-refractivity contribution in [3.05, 3.63) is 96.1 Å². The summed E-state index contributed by atoms with van der Waals surface area (Å²) in [5.74, 6) is -1.33. The molecule has 5 rings (SSSR count). The van der Waals surface area contributed by atoms with Crippen molar-refractivity contribution in [1.82, 2.24) is 14.8 Å². The van der Waals surface area contributed by atoms with E-state index in [-0.39, 0.29) is 24.6 Å². The summed E-state index contributed by atoms with van der Waals surface area (Å²) in [5.41, 5.74) is 1.82. The topological polar surface area (TPSA) is 114 Å². The van der Waals surface area contributed by atoms with Gasteiger partial charge in [-0.25, -0.2) is 4.79 Å². The minimum Gasteiger partial charge on any atom is -0.467 e. The molecule has 2 aromatic carbocycles. The third-order valence-corrected chi connectivity index (χ3v) is 5.57. The van der Waals surface area contributed by atoms with Gasteiger partial charge in [0.15, 0.2) is 0 Å². The first kappa shape index (κ1) is 21.9. The average Bonchev–Trinajstić information content (AvgIpc) is 3.48. The lowest BCUT2D eigenvalue weighted by Gasteiger charge is -2.25. The maximum absolute atomic E-state index is 13.1. The van der Waals surface area contributed by atoms with E-state index in [2.05, 4.69) is 10.6 Å². The molecule has 0 atom stereocenters. The molecule has 174 valence electrons. The average molecular weight is 468 g/mol. The van der Waals surface area contributed by atoms with Crippen LogP contribution in [0.2, 0.25) is 0 Å². The Kier molecular flexibility index (Phi) is 5.72. The van der Waals surface area contributed by atoms with Crippen molar-refractivity contribution in [2.45, 2.75) is 13.1 Å². The molecule has 1 saturated heterocycles. The maximum atomic E-state index is 13.1. The van der Waals surface area contributed by atoms with Crippen molar-refractivity contribution >= 4 is 46.4 Å². The highest BCUT2D eigenvalue weighted by Gasteiger charge is 2.36. The second-order valence-corrected chi connectivity index (χ2v) is 7.93. The van der Waals surface area contributed by atoms with E-state index in [1.54, 1.807) is 35.0 Å². The molecule has 0 aliphatic carbocycles. The number of anilines is 1. The first-order chi connectivity index (χ1) is 17.0. The third-order valence-electron chi connectivity index (χ3n) is 5.57. The van der Waals surface area contributed by atoms with E-state index in [0.717, 1.165) is 15.8 Å². The van der Waals surface area contributed by atoms with Crippen LogP contribution in [0.3, 0.4) is 0 Å². The summed E-state index contributed by atoms with van der Waals surface area (Å²) < 4.78 is 6.98. The summed E-state index contributed by atoms with van der Waals surface area (Å²) in [6.07, 6.45) is 4.58. The highest BCUT2D eigenvalue weighted by molar-refractivity contribution is 6.31. The van der Waals surface area contributed by atoms with Crippen LogP contribution in [0, 0.1) is 0 Å². The zero-order valence-corrected chi connectivity index (χ0v) is 18.4. The minimum absolute atomic E-state index is 0.0296. The molecule has 9 nitrogen and oxygen atoms in total. The van der Waals surface area contributed by atoms with Crippen LogP contribution in [-0.2, 0) is 27.5 Å². The highest BCUT2D eigenvalue weighted by atomic mass is 16.3. The summed E-state index contributed by atoms with van der Waals surface area (Å²) in [6.45, 7) is -0.0778. The van der Waals surface area contributed by atoms with Gasteiger partial charge in [-0.3, -0.25) is 24.6 Å². The van der Waals surface area contributed by atoms with E-state index in [4.69, 9.17) is 4.42 Å². The van der Waals surface area contributed by atoms with E-state index in [9.17, 15) is 19.2 Å². The molecular weight excluding hydrogens is 448 g/mol. The van der Waals surface area contributed by atoms with E-state index < -0.39 is 17.8 Å². The first-order valence-corrected chi connectivity index (χ1v) is 10.8. The Labute approximate surface area is 199 Å². The van der Waals surface area contributed by atoms with Crippen LogP contribution in [0.1, 0.15) is 11.3 Å². The molecule has 3 heterocycles. The number of urea groups is 1. The van der Waals surface area contributed by atoms with E-state index in [1.807, 2.05) is 42.5 Å². The lowest BCUT2D eigenvalue weighted by atomic mass is 10.1. The molecule has 5 amide bonds. The number of carbonyl (C=O) groups is 4. The number of imide groups is 2. The van der Waals surface area contributed by atoms with E-state index in [0.29, 0.717) is 17.0 Å². The molecule has 2 N–H and O–H groups in total. The van der Waals surface area contributed by atoms with Gasteiger partial charge in [0.05, 0.1) is 12.8 Å². The Balaban J connectivity index is 1.45. The smallest absolute Gasteiger partial charge is 0.331 e. The van der Waals surface area contributed by atoms with Crippen molar-refractivity contribution in [1.29, 1.82) is 0 Å². The standard InChI is InChI=1S/C26H20N4O5/c31-23(27-18-7-2-1-3-8-18)16-29-14-17(20-10-4-5-11-22(20)29)13-21-24(32)28-26(34)30(25(21)33)15-19-9-6-12-35-19/h1-14H,15-16H2,(H,27,31)(H,28,32,34)/b21-13+. The molecule has 1 aliphatic heterocycles. The number of barbiturate groups is 1. The molecule has 9 heteroatoms. The highest BCUT2D eigenvalue weighted by Crippen LogP contribution is 2.25. The Morgan fingerprint density at radius 2 is 1.74 bits per heavy atom. The van der Waals surface area contributed by atoms with Gasteiger partial charge in [0.25, 0.3) is 11.8 Å². The second-order valence-electron chi connectivity index (χ2n) is 7.93. The fourth-order valence-corrected chi connectivity index (χ4v) is 3.95.